The van der Waals surface area contributed by atoms with Crippen LogP contribution in [0.1, 0.15) is 6.42 Å². The number of ether oxygens (including phenoxy) is 2. The van der Waals surface area contributed by atoms with E-state index in [-0.39, 0.29) is 35.5 Å². The second kappa shape index (κ2) is 5.96. The maximum Gasteiger partial charge on any atom is 0.238 e. The fourth-order valence-corrected chi connectivity index (χ4v) is 5.70. The first kappa shape index (κ1) is 16.8. The lowest BCUT2D eigenvalue weighted by Crippen LogP contribution is -2.40. The van der Waals surface area contributed by atoms with E-state index in [2.05, 4.69) is 12.2 Å². The molecule has 1 saturated heterocycles. The topological polar surface area (TPSA) is 55.8 Å². The summed E-state index contributed by atoms with van der Waals surface area (Å²) in [6.07, 6.45) is 5.56. The zero-order valence-corrected chi connectivity index (χ0v) is 16.0. The van der Waals surface area contributed by atoms with Crippen molar-refractivity contribution in [1.82, 2.24) is 0 Å². The van der Waals surface area contributed by atoms with E-state index in [1.54, 1.807) is 31.4 Å². The SMILES string of the molecule is COc1ccccc1Oc1ccc(N2C(=O)[C@@H]3[C@H]4C=C[C@@H]([C@@H]5C[C@@H]45)[C@@H]3C2=O)cc1. The Bertz CT molecular complexity index is 1010. The first-order chi connectivity index (χ1) is 14.2. The van der Waals surface area contributed by atoms with Crippen molar-refractivity contribution < 1.29 is 19.1 Å². The van der Waals surface area contributed by atoms with Crippen molar-refractivity contribution in [3.8, 4) is 17.2 Å². The molecule has 0 N–H and O–H groups in total. The van der Waals surface area contributed by atoms with Gasteiger partial charge >= 0.3 is 0 Å². The van der Waals surface area contributed by atoms with Crippen molar-refractivity contribution in [3.63, 3.8) is 0 Å². The Kier molecular flexibility index (Phi) is 3.46. The molecule has 2 aromatic rings. The van der Waals surface area contributed by atoms with E-state index in [9.17, 15) is 9.59 Å². The molecule has 2 bridgehead atoms. The summed E-state index contributed by atoms with van der Waals surface area (Å²) >= 11 is 0. The fraction of sp³-hybridized carbons (Fsp3) is 0.333. The molecular weight excluding hydrogens is 366 g/mol. The molecule has 0 unspecified atom stereocenters. The van der Waals surface area contributed by atoms with Crippen molar-refractivity contribution >= 4 is 17.5 Å². The molecule has 0 radical (unpaired) electrons. The molecule has 3 fully saturated rings. The number of anilines is 1. The molecule has 5 aliphatic rings. The van der Waals surface area contributed by atoms with Crippen LogP contribution in [0.15, 0.2) is 60.7 Å². The minimum Gasteiger partial charge on any atom is -0.493 e. The van der Waals surface area contributed by atoms with Gasteiger partial charge in [0.1, 0.15) is 5.75 Å². The van der Waals surface area contributed by atoms with Crippen molar-refractivity contribution in [2.45, 2.75) is 6.42 Å². The second-order valence-corrected chi connectivity index (χ2v) is 8.41. The zero-order chi connectivity index (χ0) is 19.7. The fourth-order valence-electron chi connectivity index (χ4n) is 5.70. The number of benzene rings is 2. The summed E-state index contributed by atoms with van der Waals surface area (Å²) in [5.74, 6) is 3.16. The number of amides is 2. The van der Waals surface area contributed by atoms with Gasteiger partial charge in [-0.3, -0.25) is 14.5 Å². The van der Waals surface area contributed by atoms with Gasteiger partial charge in [-0.05, 0) is 66.5 Å². The third-order valence-electron chi connectivity index (χ3n) is 7.05. The summed E-state index contributed by atoms with van der Waals surface area (Å²) < 4.78 is 11.2. The van der Waals surface area contributed by atoms with Gasteiger partial charge in [0.2, 0.25) is 11.8 Å². The third-order valence-corrected chi connectivity index (χ3v) is 7.05. The molecule has 0 aromatic heterocycles. The molecule has 6 atom stereocenters. The highest BCUT2D eigenvalue weighted by Gasteiger charge is 2.67. The van der Waals surface area contributed by atoms with Crippen molar-refractivity contribution in [2.24, 2.45) is 35.5 Å². The first-order valence-corrected chi connectivity index (χ1v) is 10.1. The number of carbonyl (C=O) groups is 2. The number of hydrogen-bond acceptors (Lipinski definition) is 4. The molecule has 1 aliphatic heterocycles. The van der Waals surface area contributed by atoms with Gasteiger partial charge in [-0.25, -0.2) is 0 Å². The van der Waals surface area contributed by atoms with Gasteiger partial charge < -0.3 is 9.47 Å². The standard InChI is InChI=1S/C24H21NO4/c1-28-19-4-2-3-5-20(19)29-14-8-6-13(7-9-14)25-23(26)21-15-10-11-16(18-12-17(15)18)22(21)24(25)27/h2-11,15-18,21-22H,12H2,1H3/t15-,16-,17-,18-,21-,22+/m0/s1. The van der Waals surface area contributed by atoms with E-state index < -0.39 is 0 Å². The number of carbonyl (C=O) groups excluding carboxylic acids is 2. The number of allylic oxidation sites excluding steroid dienone is 2. The van der Waals surface area contributed by atoms with Crippen LogP contribution in [-0.4, -0.2) is 18.9 Å². The smallest absolute Gasteiger partial charge is 0.238 e. The molecule has 5 nitrogen and oxygen atoms in total. The largest absolute Gasteiger partial charge is 0.493 e. The predicted octanol–water partition coefficient (Wildman–Crippen LogP) is 4.05. The molecule has 29 heavy (non-hydrogen) atoms. The minimum absolute atomic E-state index is 0.0388. The lowest BCUT2D eigenvalue weighted by atomic mass is 9.63. The molecule has 2 saturated carbocycles. The zero-order valence-electron chi connectivity index (χ0n) is 16.0. The molecule has 146 valence electrons. The van der Waals surface area contributed by atoms with E-state index in [4.69, 9.17) is 9.47 Å². The molecular formula is C24H21NO4. The summed E-state index contributed by atoms with van der Waals surface area (Å²) in [5, 5.41) is 0. The van der Waals surface area contributed by atoms with E-state index in [0.29, 0.717) is 34.8 Å². The van der Waals surface area contributed by atoms with Crippen molar-refractivity contribution in [2.75, 3.05) is 12.0 Å². The van der Waals surface area contributed by atoms with E-state index in [0.717, 1.165) is 0 Å². The van der Waals surface area contributed by atoms with Gasteiger partial charge in [-0.2, -0.15) is 0 Å². The van der Waals surface area contributed by atoms with Crippen LogP contribution in [0.2, 0.25) is 0 Å². The minimum atomic E-state index is -0.175. The number of methoxy groups -OCH3 is 1. The Morgan fingerprint density at radius 1 is 0.828 bits per heavy atom. The Balaban J connectivity index is 1.26. The van der Waals surface area contributed by atoms with Crippen LogP contribution >= 0.6 is 0 Å². The summed E-state index contributed by atoms with van der Waals surface area (Å²) in [6.45, 7) is 0. The monoisotopic (exact) mass is 387 g/mol. The first-order valence-electron chi connectivity index (χ1n) is 10.1. The normalized spacial score (nSPS) is 33.5. The third kappa shape index (κ3) is 2.33. The highest BCUT2D eigenvalue weighted by atomic mass is 16.5. The summed E-state index contributed by atoms with van der Waals surface area (Å²) in [4.78, 5) is 27.8. The molecule has 2 amide bonds. The maximum atomic E-state index is 13.2. The number of imide groups is 1. The molecule has 5 heteroatoms. The Morgan fingerprint density at radius 3 is 2.00 bits per heavy atom. The van der Waals surface area contributed by atoms with Crippen molar-refractivity contribution in [3.05, 3.63) is 60.7 Å². The van der Waals surface area contributed by atoms with Gasteiger partial charge in [-0.1, -0.05) is 24.3 Å². The second-order valence-electron chi connectivity index (χ2n) is 8.41. The van der Waals surface area contributed by atoms with Crippen LogP contribution in [-0.2, 0) is 9.59 Å². The summed E-state index contributed by atoms with van der Waals surface area (Å²) in [7, 11) is 1.60. The van der Waals surface area contributed by atoms with E-state index in [1.807, 2.05) is 24.3 Å². The van der Waals surface area contributed by atoms with Crippen LogP contribution in [0.5, 0.6) is 17.2 Å². The Labute approximate surface area is 168 Å². The quantitative estimate of drug-likeness (QED) is 0.587. The average molecular weight is 387 g/mol. The van der Waals surface area contributed by atoms with Gasteiger partial charge in [0.05, 0.1) is 24.6 Å². The van der Waals surface area contributed by atoms with Crippen LogP contribution in [0.25, 0.3) is 0 Å². The lowest BCUT2D eigenvalue weighted by molar-refractivity contribution is -0.124. The number of nitrogens with zero attached hydrogens (tertiary/aromatic N) is 1. The van der Waals surface area contributed by atoms with Crippen LogP contribution in [0, 0.1) is 35.5 Å². The number of para-hydroxylation sites is 2. The Morgan fingerprint density at radius 2 is 1.41 bits per heavy atom. The van der Waals surface area contributed by atoms with Crippen molar-refractivity contribution in [1.29, 1.82) is 0 Å². The van der Waals surface area contributed by atoms with Gasteiger partial charge in [0.25, 0.3) is 0 Å². The van der Waals surface area contributed by atoms with E-state index >= 15 is 0 Å². The summed E-state index contributed by atoms with van der Waals surface area (Å²) in [5.41, 5.74) is 0.620. The lowest BCUT2D eigenvalue weighted by Gasteiger charge is -2.37. The van der Waals surface area contributed by atoms with Crippen LogP contribution in [0.3, 0.4) is 0 Å². The van der Waals surface area contributed by atoms with E-state index in [1.165, 1.54) is 11.3 Å². The maximum absolute atomic E-state index is 13.2. The average Bonchev–Trinajstić information content (AvgIpc) is 3.53. The van der Waals surface area contributed by atoms with Gasteiger partial charge in [0, 0.05) is 0 Å². The number of hydrogen-bond donors (Lipinski definition) is 0. The Hall–Kier alpha value is -3.08. The number of rotatable bonds is 4. The molecule has 1 heterocycles. The molecule has 7 rings (SSSR count). The predicted molar refractivity (Wildman–Crippen MR) is 107 cm³/mol. The molecule has 4 aliphatic carbocycles. The van der Waals surface area contributed by atoms with Crippen LogP contribution < -0.4 is 14.4 Å². The molecule has 2 aromatic carbocycles. The highest BCUT2D eigenvalue weighted by molar-refractivity contribution is 6.22. The van der Waals surface area contributed by atoms with Gasteiger partial charge in [0.15, 0.2) is 11.5 Å². The highest BCUT2D eigenvalue weighted by Crippen LogP contribution is 2.65. The van der Waals surface area contributed by atoms with Gasteiger partial charge in [-0.15, -0.1) is 0 Å². The summed E-state index contributed by atoms with van der Waals surface area (Å²) in [6, 6.07) is 14.6. The van der Waals surface area contributed by atoms with Crippen LogP contribution in [0.4, 0.5) is 5.69 Å². The molecule has 0 spiro atoms.